The van der Waals surface area contributed by atoms with Crippen molar-refractivity contribution in [3.05, 3.63) is 102 Å². The van der Waals surface area contributed by atoms with Gasteiger partial charge in [0, 0.05) is 5.69 Å². The fourth-order valence-corrected chi connectivity index (χ4v) is 2.84. The van der Waals surface area contributed by atoms with Gasteiger partial charge in [0.05, 0.1) is 6.54 Å². The first-order valence-corrected chi connectivity index (χ1v) is 8.34. The number of rotatable bonds is 5. The summed E-state index contributed by atoms with van der Waals surface area (Å²) in [6, 6.07) is 29.1. The van der Waals surface area contributed by atoms with E-state index in [9.17, 15) is 4.79 Å². The van der Waals surface area contributed by atoms with Crippen LogP contribution in [0.3, 0.4) is 0 Å². The number of benzene rings is 3. The third-order valence-corrected chi connectivity index (χ3v) is 4.31. The van der Waals surface area contributed by atoms with Gasteiger partial charge in [0.25, 0.3) is 5.91 Å². The van der Waals surface area contributed by atoms with Crippen molar-refractivity contribution >= 4 is 11.6 Å². The molecule has 0 fully saturated rings. The summed E-state index contributed by atoms with van der Waals surface area (Å²) in [4.78, 5) is 15.1. The lowest BCUT2D eigenvalue weighted by atomic mass is 9.91. The molecule has 0 spiro atoms. The van der Waals surface area contributed by atoms with Crippen LogP contribution in [0.2, 0.25) is 0 Å². The van der Waals surface area contributed by atoms with Crippen molar-refractivity contribution in [1.29, 1.82) is 0 Å². The highest BCUT2D eigenvalue weighted by Gasteiger charge is 2.35. The first kappa shape index (κ1) is 16.9. The number of anilines is 1. The fourth-order valence-electron chi connectivity index (χ4n) is 2.84. The van der Waals surface area contributed by atoms with E-state index in [-0.39, 0.29) is 5.91 Å². The summed E-state index contributed by atoms with van der Waals surface area (Å²) in [5, 5.41) is 0. The van der Waals surface area contributed by atoms with E-state index in [0.29, 0.717) is 6.54 Å². The lowest BCUT2D eigenvalue weighted by Crippen LogP contribution is -2.51. The highest BCUT2D eigenvalue weighted by molar-refractivity contribution is 6.00. The molecule has 3 heteroatoms. The molecule has 0 saturated carbocycles. The number of amides is 1. The van der Waals surface area contributed by atoms with Gasteiger partial charge in [0.15, 0.2) is 0 Å². The second-order valence-electron chi connectivity index (χ2n) is 6.28. The summed E-state index contributed by atoms with van der Waals surface area (Å²) in [5.74, 6) is -0.131. The lowest BCUT2D eigenvalue weighted by molar-refractivity contribution is -0.123. The molecule has 0 aliphatic rings. The van der Waals surface area contributed by atoms with E-state index in [2.05, 4.69) is 0 Å². The predicted molar refractivity (Wildman–Crippen MR) is 102 cm³/mol. The largest absolute Gasteiger partial charge is 0.314 e. The van der Waals surface area contributed by atoms with Crippen molar-refractivity contribution in [3.8, 4) is 0 Å². The Morgan fingerprint density at radius 3 is 1.88 bits per heavy atom. The zero-order valence-corrected chi connectivity index (χ0v) is 14.3. The van der Waals surface area contributed by atoms with Gasteiger partial charge in [0.2, 0.25) is 0 Å². The van der Waals surface area contributed by atoms with Crippen LogP contribution < -0.4 is 10.6 Å². The SMILES string of the molecule is CC(N)(C(=O)N(Cc1ccccc1)c1ccccc1)c1ccccc1. The Kier molecular flexibility index (Phi) is 4.96. The van der Waals surface area contributed by atoms with E-state index < -0.39 is 5.54 Å². The quantitative estimate of drug-likeness (QED) is 0.766. The van der Waals surface area contributed by atoms with Crippen LogP contribution in [0.15, 0.2) is 91.0 Å². The molecule has 0 radical (unpaired) electrons. The van der Waals surface area contributed by atoms with Crippen LogP contribution in [0, 0.1) is 0 Å². The summed E-state index contributed by atoms with van der Waals surface area (Å²) in [5.41, 5.74) is 8.07. The maximum absolute atomic E-state index is 13.4. The molecule has 25 heavy (non-hydrogen) atoms. The molecule has 1 amide bonds. The van der Waals surface area contributed by atoms with Crippen molar-refractivity contribution in [2.45, 2.75) is 19.0 Å². The van der Waals surface area contributed by atoms with Gasteiger partial charge < -0.3 is 10.6 Å². The maximum Gasteiger partial charge on any atom is 0.251 e. The van der Waals surface area contributed by atoms with E-state index in [1.165, 1.54) is 0 Å². The molecule has 0 heterocycles. The summed E-state index contributed by atoms with van der Waals surface area (Å²) in [6.45, 7) is 2.24. The highest BCUT2D eigenvalue weighted by Crippen LogP contribution is 2.26. The Hall–Kier alpha value is -2.91. The third kappa shape index (κ3) is 3.78. The van der Waals surface area contributed by atoms with Gasteiger partial charge in [-0.2, -0.15) is 0 Å². The van der Waals surface area contributed by atoms with Crippen LogP contribution >= 0.6 is 0 Å². The van der Waals surface area contributed by atoms with Crippen LogP contribution in [-0.4, -0.2) is 5.91 Å². The Morgan fingerprint density at radius 1 is 0.840 bits per heavy atom. The van der Waals surface area contributed by atoms with Crippen LogP contribution in [0.4, 0.5) is 5.69 Å². The summed E-state index contributed by atoms with van der Waals surface area (Å²) >= 11 is 0. The van der Waals surface area contributed by atoms with E-state index >= 15 is 0 Å². The fraction of sp³-hybridized carbons (Fsp3) is 0.136. The van der Waals surface area contributed by atoms with E-state index in [1.54, 1.807) is 11.8 Å². The van der Waals surface area contributed by atoms with E-state index in [0.717, 1.165) is 16.8 Å². The molecular formula is C22H22N2O. The number of carbonyl (C=O) groups excluding carboxylic acids is 1. The molecule has 3 rings (SSSR count). The minimum atomic E-state index is -1.11. The minimum Gasteiger partial charge on any atom is -0.314 e. The van der Waals surface area contributed by atoms with Gasteiger partial charge in [-0.25, -0.2) is 0 Å². The molecule has 3 aromatic carbocycles. The molecule has 0 aliphatic carbocycles. The van der Waals surface area contributed by atoms with Crippen LogP contribution in [-0.2, 0) is 16.9 Å². The summed E-state index contributed by atoms with van der Waals surface area (Å²) < 4.78 is 0. The average Bonchev–Trinajstić information content (AvgIpc) is 2.68. The molecule has 126 valence electrons. The zero-order chi connectivity index (χ0) is 17.7. The molecule has 3 nitrogen and oxygen atoms in total. The average molecular weight is 330 g/mol. The standard InChI is InChI=1S/C22H22N2O/c1-22(23,19-13-7-3-8-14-19)21(25)24(20-15-9-4-10-16-20)17-18-11-5-2-6-12-18/h2-16H,17,23H2,1H3. The van der Waals surface area contributed by atoms with Crippen molar-refractivity contribution in [1.82, 2.24) is 0 Å². The topological polar surface area (TPSA) is 46.3 Å². The summed E-state index contributed by atoms with van der Waals surface area (Å²) in [7, 11) is 0. The second-order valence-corrected chi connectivity index (χ2v) is 6.28. The van der Waals surface area contributed by atoms with E-state index in [1.807, 2.05) is 91.0 Å². The van der Waals surface area contributed by atoms with Crippen LogP contribution in [0.5, 0.6) is 0 Å². The van der Waals surface area contributed by atoms with Crippen molar-refractivity contribution < 1.29 is 4.79 Å². The first-order chi connectivity index (χ1) is 12.1. The van der Waals surface area contributed by atoms with Gasteiger partial charge in [0.1, 0.15) is 5.54 Å². The molecule has 0 aliphatic heterocycles. The predicted octanol–water partition coefficient (Wildman–Crippen LogP) is 4.09. The molecule has 0 saturated heterocycles. The first-order valence-electron chi connectivity index (χ1n) is 8.34. The lowest BCUT2D eigenvalue weighted by Gasteiger charge is -2.32. The van der Waals surface area contributed by atoms with Gasteiger partial charge in [-0.3, -0.25) is 4.79 Å². The zero-order valence-electron chi connectivity index (χ0n) is 14.3. The monoisotopic (exact) mass is 330 g/mol. The Labute approximate surface area is 148 Å². The maximum atomic E-state index is 13.4. The van der Waals surface area contributed by atoms with Gasteiger partial charge in [-0.05, 0) is 30.2 Å². The molecule has 0 bridgehead atoms. The second kappa shape index (κ2) is 7.32. The highest BCUT2D eigenvalue weighted by atomic mass is 16.2. The minimum absolute atomic E-state index is 0.131. The number of nitrogens with two attached hydrogens (primary N) is 1. The Morgan fingerprint density at radius 2 is 1.32 bits per heavy atom. The molecule has 2 N–H and O–H groups in total. The number of nitrogens with zero attached hydrogens (tertiary/aromatic N) is 1. The normalized spacial score (nSPS) is 13.0. The third-order valence-electron chi connectivity index (χ3n) is 4.31. The van der Waals surface area contributed by atoms with Gasteiger partial charge in [-0.15, -0.1) is 0 Å². The van der Waals surface area contributed by atoms with Crippen molar-refractivity contribution in [3.63, 3.8) is 0 Å². The number of para-hydroxylation sites is 1. The molecule has 0 aromatic heterocycles. The molecular weight excluding hydrogens is 308 g/mol. The molecule has 1 unspecified atom stereocenters. The Bertz CT molecular complexity index is 814. The number of hydrogen-bond donors (Lipinski definition) is 1. The summed E-state index contributed by atoms with van der Waals surface area (Å²) in [6.07, 6.45) is 0. The van der Waals surface area contributed by atoms with E-state index in [4.69, 9.17) is 5.73 Å². The smallest absolute Gasteiger partial charge is 0.251 e. The van der Waals surface area contributed by atoms with Gasteiger partial charge >= 0.3 is 0 Å². The van der Waals surface area contributed by atoms with Crippen LogP contribution in [0.1, 0.15) is 18.1 Å². The van der Waals surface area contributed by atoms with Gasteiger partial charge in [-0.1, -0.05) is 78.9 Å². The molecule has 1 atom stereocenters. The molecule has 3 aromatic rings. The number of hydrogen-bond acceptors (Lipinski definition) is 2. The Balaban J connectivity index is 1.98. The van der Waals surface area contributed by atoms with Crippen LogP contribution in [0.25, 0.3) is 0 Å². The number of carbonyl (C=O) groups is 1. The van der Waals surface area contributed by atoms with Crippen molar-refractivity contribution in [2.24, 2.45) is 5.73 Å². The van der Waals surface area contributed by atoms with Crippen molar-refractivity contribution in [2.75, 3.05) is 4.90 Å².